The molecule has 90 valence electrons. The Labute approximate surface area is 99.4 Å². The number of aromatic amines is 1. The largest absolute Gasteiger partial charge is 0.545 e. The second-order valence-electron chi connectivity index (χ2n) is 5.03. The highest BCUT2D eigenvalue weighted by molar-refractivity contribution is 5.93. The van der Waals surface area contributed by atoms with Gasteiger partial charge in [0.05, 0.1) is 5.97 Å². The fourth-order valence-electron chi connectivity index (χ4n) is 1.95. The lowest BCUT2D eigenvalue weighted by atomic mass is 9.96. The van der Waals surface area contributed by atoms with Gasteiger partial charge in [-0.25, -0.2) is 0 Å². The smallest absolute Gasteiger partial charge is 0.0716 e. The second kappa shape index (κ2) is 3.89. The van der Waals surface area contributed by atoms with E-state index >= 15 is 0 Å². The van der Waals surface area contributed by atoms with E-state index in [0.29, 0.717) is 0 Å². The number of carbonyl (C=O) groups is 1. The monoisotopic (exact) mass is 231 g/mol. The number of aromatic nitrogens is 1. The molecular weight excluding hydrogens is 216 g/mol. The molecule has 0 aliphatic carbocycles. The molecule has 0 atom stereocenters. The molecule has 0 bridgehead atoms. The van der Waals surface area contributed by atoms with Crippen LogP contribution in [-0.2, 0) is 6.42 Å². The first-order chi connectivity index (χ1) is 7.87. The first kappa shape index (κ1) is 11.7. The molecule has 0 saturated carbocycles. The standard InChI is InChI=1S/C13H16N2O2/c1-13(2,14)6-9-7-15-11-5-8(12(16)17)3-4-10(9)11/h3-5,7,15H,6,14H2,1-2H3,(H,16,17)/p-1. The van der Waals surface area contributed by atoms with Gasteiger partial charge < -0.3 is 20.6 Å². The quantitative estimate of drug-likeness (QED) is 0.820. The Morgan fingerprint density at radius 1 is 1.47 bits per heavy atom. The number of carbonyl (C=O) groups excluding carboxylic acids is 1. The predicted molar refractivity (Wildman–Crippen MR) is 64.6 cm³/mol. The average molecular weight is 231 g/mol. The maximum atomic E-state index is 10.7. The minimum Gasteiger partial charge on any atom is -0.545 e. The molecular formula is C13H15N2O2-. The van der Waals surface area contributed by atoms with Crippen molar-refractivity contribution in [3.63, 3.8) is 0 Å². The molecule has 0 saturated heterocycles. The number of fused-ring (bicyclic) bond motifs is 1. The van der Waals surface area contributed by atoms with Crippen LogP contribution >= 0.6 is 0 Å². The van der Waals surface area contributed by atoms with E-state index in [9.17, 15) is 9.90 Å². The molecule has 2 rings (SSSR count). The van der Waals surface area contributed by atoms with Crippen LogP contribution in [-0.4, -0.2) is 16.5 Å². The van der Waals surface area contributed by atoms with E-state index in [1.54, 1.807) is 18.2 Å². The summed E-state index contributed by atoms with van der Waals surface area (Å²) in [6.45, 7) is 3.92. The molecule has 1 aromatic carbocycles. The molecule has 3 N–H and O–H groups in total. The van der Waals surface area contributed by atoms with Crippen molar-refractivity contribution in [2.24, 2.45) is 5.73 Å². The Bertz CT molecular complexity index is 564. The second-order valence-corrected chi connectivity index (χ2v) is 5.03. The van der Waals surface area contributed by atoms with Gasteiger partial charge in [-0.3, -0.25) is 0 Å². The summed E-state index contributed by atoms with van der Waals surface area (Å²) < 4.78 is 0. The molecule has 2 aromatic rings. The zero-order chi connectivity index (χ0) is 12.6. The van der Waals surface area contributed by atoms with E-state index < -0.39 is 5.97 Å². The van der Waals surface area contributed by atoms with E-state index in [1.165, 1.54) is 0 Å². The fraction of sp³-hybridized carbons (Fsp3) is 0.308. The van der Waals surface area contributed by atoms with Gasteiger partial charge in [-0.15, -0.1) is 0 Å². The van der Waals surface area contributed by atoms with Gasteiger partial charge in [-0.05, 0) is 37.5 Å². The number of rotatable bonds is 3. The molecule has 1 aromatic heterocycles. The van der Waals surface area contributed by atoms with E-state index in [0.717, 1.165) is 22.9 Å². The maximum Gasteiger partial charge on any atom is 0.0716 e. The molecule has 0 fully saturated rings. The number of H-pyrrole nitrogens is 1. The van der Waals surface area contributed by atoms with Crippen LogP contribution in [0.2, 0.25) is 0 Å². The van der Waals surface area contributed by atoms with Crippen molar-refractivity contribution in [3.05, 3.63) is 35.5 Å². The third kappa shape index (κ3) is 2.47. The van der Waals surface area contributed by atoms with Crippen LogP contribution in [0.4, 0.5) is 0 Å². The summed E-state index contributed by atoms with van der Waals surface area (Å²) in [4.78, 5) is 13.8. The Balaban J connectivity index is 2.45. The SMILES string of the molecule is CC(C)(N)Cc1c[nH]c2cc(C(=O)[O-])ccc12. The number of hydrogen-bond donors (Lipinski definition) is 2. The van der Waals surface area contributed by atoms with Crippen LogP contribution in [0.15, 0.2) is 24.4 Å². The molecule has 0 amide bonds. The molecule has 4 nitrogen and oxygen atoms in total. The highest BCUT2D eigenvalue weighted by Gasteiger charge is 2.14. The topological polar surface area (TPSA) is 81.9 Å². The molecule has 4 heteroatoms. The Morgan fingerprint density at radius 3 is 2.76 bits per heavy atom. The zero-order valence-corrected chi connectivity index (χ0v) is 9.91. The first-order valence-corrected chi connectivity index (χ1v) is 5.47. The minimum atomic E-state index is -1.16. The molecule has 0 spiro atoms. The van der Waals surface area contributed by atoms with Crippen LogP contribution in [0.5, 0.6) is 0 Å². The van der Waals surface area contributed by atoms with E-state index in [-0.39, 0.29) is 11.1 Å². The van der Waals surface area contributed by atoms with E-state index in [2.05, 4.69) is 4.98 Å². The number of aromatic carboxylic acids is 1. The summed E-state index contributed by atoms with van der Waals surface area (Å²) in [6.07, 6.45) is 2.61. The Morgan fingerprint density at radius 2 is 2.18 bits per heavy atom. The van der Waals surface area contributed by atoms with Gasteiger partial charge in [0.1, 0.15) is 0 Å². The van der Waals surface area contributed by atoms with Gasteiger partial charge in [0.15, 0.2) is 0 Å². The van der Waals surface area contributed by atoms with Crippen molar-refractivity contribution >= 4 is 16.9 Å². The average Bonchev–Trinajstić information content (AvgIpc) is 2.58. The molecule has 0 aliphatic heterocycles. The van der Waals surface area contributed by atoms with Gasteiger partial charge in [-0.2, -0.15) is 0 Å². The molecule has 0 aliphatic rings. The number of carboxylic acids is 1. The zero-order valence-electron chi connectivity index (χ0n) is 9.91. The van der Waals surface area contributed by atoms with Crippen molar-refractivity contribution in [2.75, 3.05) is 0 Å². The van der Waals surface area contributed by atoms with Gasteiger partial charge >= 0.3 is 0 Å². The fourth-order valence-corrected chi connectivity index (χ4v) is 1.95. The number of benzene rings is 1. The van der Waals surface area contributed by atoms with E-state index in [1.807, 2.05) is 20.0 Å². The van der Waals surface area contributed by atoms with Crippen molar-refractivity contribution in [1.29, 1.82) is 0 Å². The van der Waals surface area contributed by atoms with E-state index in [4.69, 9.17) is 5.73 Å². The van der Waals surface area contributed by atoms with Crippen LogP contribution < -0.4 is 10.8 Å². The maximum absolute atomic E-state index is 10.7. The van der Waals surface area contributed by atoms with Crippen molar-refractivity contribution in [3.8, 4) is 0 Å². The normalized spacial score (nSPS) is 11.9. The highest BCUT2D eigenvalue weighted by Crippen LogP contribution is 2.22. The van der Waals surface area contributed by atoms with Gasteiger partial charge in [0.25, 0.3) is 0 Å². The number of nitrogens with two attached hydrogens (primary N) is 1. The summed E-state index contributed by atoms with van der Waals surface area (Å²) in [5, 5.41) is 11.7. The Kier molecular flexibility index (Phi) is 2.67. The molecule has 0 radical (unpaired) electrons. The number of nitrogens with one attached hydrogen (secondary N) is 1. The lowest BCUT2D eigenvalue weighted by molar-refractivity contribution is -0.255. The van der Waals surface area contributed by atoms with Crippen LogP contribution in [0.1, 0.15) is 29.8 Å². The van der Waals surface area contributed by atoms with Crippen LogP contribution in [0, 0.1) is 0 Å². The minimum absolute atomic E-state index is 0.179. The van der Waals surface area contributed by atoms with Crippen molar-refractivity contribution in [1.82, 2.24) is 4.98 Å². The highest BCUT2D eigenvalue weighted by atomic mass is 16.4. The third-order valence-electron chi connectivity index (χ3n) is 2.65. The molecule has 1 heterocycles. The Hall–Kier alpha value is -1.81. The summed E-state index contributed by atoms with van der Waals surface area (Å²) in [6, 6.07) is 4.92. The van der Waals surface area contributed by atoms with Gasteiger partial charge in [0, 0.05) is 22.6 Å². The lowest BCUT2D eigenvalue weighted by Gasteiger charge is -2.17. The number of carboxylic acid groups (broad SMARTS) is 1. The number of hydrogen-bond acceptors (Lipinski definition) is 3. The molecule has 17 heavy (non-hydrogen) atoms. The summed E-state index contributed by atoms with van der Waals surface area (Å²) in [5.41, 5.74) is 7.76. The van der Waals surface area contributed by atoms with Crippen LogP contribution in [0.25, 0.3) is 10.9 Å². The summed E-state index contributed by atoms with van der Waals surface area (Å²) in [5.74, 6) is -1.16. The third-order valence-corrected chi connectivity index (χ3v) is 2.65. The summed E-state index contributed by atoms with van der Waals surface area (Å²) >= 11 is 0. The summed E-state index contributed by atoms with van der Waals surface area (Å²) in [7, 11) is 0. The molecule has 0 unspecified atom stereocenters. The van der Waals surface area contributed by atoms with Gasteiger partial charge in [-0.1, -0.05) is 12.1 Å². The van der Waals surface area contributed by atoms with Crippen molar-refractivity contribution in [2.45, 2.75) is 25.8 Å². The van der Waals surface area contributed by atoms with Crippen molar-refractivity contribution < 1.29 is 9.90 Å². The predicted octanol–water partition coefficient (Wildman–Crippen LogP) is 0.811. The van der Waals surface area contributed by atoms with Crippen LogP contribution in [0.3, 0.4) is 0 Å². The lowest BCUT2D eigenvalue weighted by Crippen LogP contribution is -2.34. The first-order valence-electron chi connectivity index (χ1n) is 5.47. The van der Waals surface area contributed by atoms with Gasteiger partial charge in [0.2, 0.25) is 0 Å².